The summed E-state index contributed by atoms with van der Waals surface area (Å²) in [6, 6.07) is 7.53. The molecule has 1 aliphatic rings. The van der Waals surface area contributed by atoms with Crippen LogP contribution in [0.4, 0.5) is 26.3 Å². The summed E-state index contributed by atoms with van der Waals surface area (Å²) in [5.41, 5.74) is -10.6. The van der Waals surface area contributed by atoms with E-state index in [1.807, 2.05) is 13.8 Å². The van der Waals surface area contributed by atoms with Gasteiger partial charge in [0, 0.05) is 17.0 Å². The molecule has 0 bridgehead atoms. The Kier molecular flexibility index (Phi) is 8.42. The molecule has 6 nitrogen and oxygen atoms in total. The molecule has 0 fully saturated rings. The maximum atomic E-state index is 12.9. The highest BCUT2D eigenvalue weighted by Crippen LogP contribution is 2.48. The number of benzene rings is 2. The van der Waals surface area contributed by atoms with E-state index in [0.717, 1.165) is 12.1 Å². The number of alkyl halides is 6. The van der Waals surface area contributed by atoms with E-state index in [4.69, 9.17) is 0 Å². The molecule has 196 valence electrons. The first kappa shape index (κ1) is 28.8. The van der Waals surface area contributed by atoms with Crippen molar-refractivity contribution in [2.75, 3.05) is 0 Å². The van der Waals surface area contributed by atoms with E-state index in [2.05, 4.69) is 8.37 Å². The zero-order chi connectivity index (χ0) is 26.8. The number of aryl methyl sites for hydroxylation is 2. The lowest BCUT2D eigenvalue weighted by Crippen LogP contribution is -2.29. The second-order valence-electron chi connectivity index (χ2n) is 7.07. The Balaban J connectivity index is 0.00000210. The molecule has 0 heterocycles. The Hall–Kier alpha value is -2.48. The molecule has 14 heteroatoms. The van der Waals surface area contributed by atoms with Crippen LogP contribution in [0.2, 0.25) is 0 Å². The minimum atomic E-state index is -6.04. The van der Waals surface area contributed by atoms with Gasteiger partial charge in [0.25, 0.3) is 0 Å². The molecular weight excluding hydrogens is 526 g/mol. The molecule has 0 aliphatic heterocycles. The predicted octanol–water partition coefficient (Wildman–Crippen LogP) is 5.81. The Labute approximate surface area is 199 Å². The number of rotatable bonds is 6. The van der Waals surface area contributed by atoms with Crippen molar-refractivity contribution >= 4 is 20.2 Å². The van der Waals surface area contributed by atoms with Crippen LogP contribution in [0, 0.1) is 0 Å². The molecule has 1 aliphatic carbocycles. The lowest BCUT2D eigenvalue weighted by atomic mass is 9.87. The Morgan fingerprint density at radius 1 is 0.800 bits per heavy atom. The molecule has 0 N–H and O–H groups in total. The normalized spacial score (nSPS) is 16.2. The van der Waals surface area contributed by atoms with E-state index in [9.17, 15) is 43.2 Å². The van der Waals surface area contributed by atoms with Gasteiger partial charge in [0.1, 0.15) is 11.5 Å². The summed E-state index contributed by atoms with van der Waals surface area (Å²) in [6.45, 7) is 5.63. The summed E-state index contributed by atoms with van der Waals surface area (Å²) in [4.78, 5) is 0. The van der Waals surface area contributed by atoms with Crippen LogP contribution in [0.1, 0.15) is 55.4 Å². The highest BCUT2D eigenvalue weighted by Gasteiger charge is 2.50. The van der Waals surface area contributed by atoms with Crippen LogP contribution in [0.5, 0.6) is 11.5 Å². The predicted molar refractivity (Wildman–Crippen MR) is 115 cm³/mol. The maximum Gasteiger partial charge on any atom is 0.534 e. The molecule has 2 aromatic carbocycles. The lowest BCUT2D eigenvalue weighted by molar-refractivity contribution is -0.0504. The average molecular weight is 549 g/mol. The van der Waals surface area contributed by atoms with Crippen LogP contribution in [0.3, 0.4) is 0 Å². The first-order chi connectivity index (χ1) is 16.1. The van der Waals surface area contributed by atoms with Gasteiger partial charge >= 0.3 is 31.3 Å². The number of fused-ring (bicyclic) bond motifs is 1. The third kappa shape index (κ3) is 5.85. The minimum absolute atomic E-state index is 0.000446. The van der Waals surface area contributed by atoms with Crippen molar-refractivity contribution in [1.29, 1.82) is 0 Å². The van der Waals surface area contributed by atoms with Crippen LogP contribution in [0.25, 0.3) is 0 Å². The van der Waals surface area contributed by atoms with Gasteiger partial charge in [0.05, 0.1) is 0 Å². The van der Waals surface area contributed by atoms with Crippen LogP contribution >= 0.6 is 0 Å². The lowest BCUT2D eigenvalue weighted by Gasteiger charge is -2.22. The molecule has 0 unspecified atom stereocenters. The minimum Gasteiger partial charge on any atom is -0.376 e. The van der Waals surface area contributed by atoms with Crippen molar-refractivity contribution in [3.63, 3.8) is 0 Å². The smallest absolute Gasteiger partial charge is 0.376 e. The second-order valence-corrected chi connectivity index (χ2v) is 10.1. The molecule has 0 saturated carbocycles. The molecule has 0 saturated heterocycles. The summed E-state index contributed by atoms with van der Waals surface area (Å²) < 4.78 is 132. The van der Waals surface area contributed by atoms with E-state index in [0.29, 0.717) is 11.1 Å². The van der Waals surface area contributed by atoms with Gasteiger partial charge in [-0.15, -0.1) is 0 Å². The standard InChI is InChI=1S/C19H16F6O6S2.C2H6/c1-2-11-5-3-7-14(30-32(26,27)18(20,21)22)16(11)13-10-9-12-6-4-8-15(17(12)13)31-33(28,29)19(23,24)25;1-2/h3-8,13H,2,9-10H2,1H3;1-2H3/t13-;/m1./s1. The van der Waals surface area contributed by atoms with E-state index in [-0.39, 0.29) is 30.4 Å². The van der Waals surface area contributed by atoms with E-state index >= 15 is 0 Å². The van der Waals surface area contributed by atoms with Gasteiger partial charge in [-0.3, -0.25) is 0 Å². The molecule has 3 rings (SSSR count). The van der Waals surface area contributed by atoms with Gasteiger partial charge in [-0.2, -0.15) is 43.2 Å². The highest BCUT2D eigenvalue weighted by atomic mass is 32.2. The summed E-state index contributed by atoms with van der Waals surface area (Å²) in [6.07, 6.45) is 0.586. The SMILES string of the molecule is CC.CCc1cccc(OS(=O)(=O)C(F)(F)F)c1[C@H]1CCc2cccc(OS(=O)(=O)C(F)(F)F)c21. The first-order valence-electron chi connectivity index (χ1n) is 10.3. The van der Waals surface area contributed by atoms with Crippen molar-refractivity contribution in [1.82, 2.24) is 0 Å². The Bertz CT molecular complexity index is 1270. The molecular formula is C21H22F6O6S2. The molecule has 1 atom stereocenters. The Morgan fingerprint density at radius 3 is 1.71 bits per heavy atom. The fraction of sp³-hybridized carbons (Fsp3) is 0.429. The number of hydrogen-bond acceptors (Lipinski definition) is 6. The Morgan fingerprint density at radius 2 is 1.26 bits per heavy atom. The van der Waals surface area contributed by atoms with E-state index in [1.54, 1.807) is 6.92 Å². The van der Waals surface area contributed by atoms with Gasteiger partial charge in [-0.05, 0) is 42.5 Å². The highest BCUT2D eigenvalue weighted by molar-refractivity contribution is 7.88. The quantitative estimate of drug-likeness (QED) is 0.257. The van der Waals surface area contributed by atoms with Crippen LogP contribution in [0.15, 0.2) is 36.4 Å². The van der Waals surface area contributed by atoms with Crippen LogP contribution in [-0.2, 0) is 33.1 Å². The van der Waals surface area contributed by atoms with Crippen molar-refractivity contribution in [3.05, 3.63) is 58.7 Å². The van der Waals surface area contributed by atoms with Gasteiger partial charge in [0.2, 0.25) is 0 Å². The monoisotopic (exact) mass is 548 g/mol. The number of hydrogen-bond donors (Lipinski definition) is 0. The zero-order valence-corrected chi connectivity index (χ0v) is 20.3. The zero-order valence-electron chi connectivity index (χ0n) is 18.7. The second kappa shape index (κ2) is 10.2. The van der Waals surface area contributed by atoms with E-state index in [1.165, 1.54) is 24.3 Å². The van der Waals surface area contributed by atoms with Gasteiger partial charge in [0.15, 0.2) is 0 Å². The summed E-state index contributed by atoms with van der Waals surface area (Å²) in [5, 5.41) is 0. The molecule has 0 spiro atoms. The number of halogens is 6. The van der Waals surface area contributed by atoms with Crippen molar-refractivity contribution in [2.24, 2.45) is 0 Å². The molecule has 0 amide bonds. The summed E-state index contributed by atoms with van der Waals surface area (Å²) in [5.74, 6) is -2.28. The maximum absolute atomic E-state index is 12.9. The van der Waals surface area contributed by atoms with E-state index < -0.39 is 48.7 Å². The average Bonchev–Trinajstić information content (AvgIpc) is 3.17. The van der Waals surface area contributed by atoms with Crippen molar-refractivity contribution < 1.29 is 51.5 Å². The summed E-state index contributed by atoms with van der Waals surface area (Å²) >= 11 is 0. The fourth-order valence-electron chi connectivity index (χ4n) is 3.71. The first-order valence-corrected chi connectivity index (χ1v) is 13.2. The summed E-state index contributed by atoms with van der Waals surface area (Å²) in [7, 11) is -12.1. The third-order valence-electron chi connectivity index (χ3n) is 5.06. The molecule has 0 aromatic heterocycles. The topological polar surface area (TPSA) is 86.7 Å². The molecule has 2 aromatic rings. The van der Waals surface area contributed by atoms with Crippen LogP contribution in [-0.4, -0.2) is 27.9 Å². The van der Waals surface area contributed by atoms with Crippen molar-refractivity contribution in [3.8, 4) is 11.5 Å². The largest absolute Gasteiger partial charge is 0.534 e. The third-order valence-corrected chi connectivity index (χ3v) is 6.99. The fourth-order valence-corrected chi connectivity index (χ4v) is 4.66. The van der Waals surface area contributed by atoms with Crippen molar-refractivity contribution in [2.45, 2.75) is 57.0 Å². The van der Waals surface area contributed by atoms with Gasteiger partial charge in [-0.1, -0.05) is 45.0 Å². The van der Waals surface area contributed by atoms with Gasteiger partial charge in [-0.25, -0.2) is 0 Å². The van der Waals surface area contributed by atoms with Gasteiger partial charge < -0.3 is 8.37 Å². The van der Waals surface area contributed by atoms with Crippen LogP contribution < -0.4 is 8.37 Å². The molecule has 0 radical (unpaired) electrons. The molecule has 35 heavy (non-hydrogen) atoms.